The molecule has 0 unspecified atom stereocenters. The summed E-state index contributed by atoms with van der Waals surface area (Å²) in [5, 5.41) is 11.3. The van der Waals surface area contributed by atoms with Crippen LogP contribution in [0.4, 0.5) is 0 Å². The maximum absolute atomic E-state index is 11.3. The van der Waals surface area contributed by atoms with Crippen molar-refractivity contribution in [3.05, 3.63) is 17.5 Å². The molecule has 0 spiro atoms. The van der Waals surface area contributed by atoms with Gasteiger partial charge in [0.1, 0.15) is 0 Å². The normalized spacial score (nSPS) is 12.4. The largest absolute Gasteiger partial charge is 0.628 e. The molecule has 0 fully saturated rings. The van der Waals surface area contributed by atoms with Crippen LogP contribution < -0.4 is 0 Å². The molecular weight excluding hydrogens is 270 g/mol. The van der Waals surface area contributed by atoms with Crippen LogP contribution in [0.5, 0.6) is 0 Å². The van der Waals surface area contributed by atoms with Gasteiger partial charge in [-0.1, -0.05) is 90.4 Å². The van der Waals surface area contributed by atoms with E-state index in [1.807, 2.05) is 6.08 Å². The molecule has 0 N–H and O–H groups in total. The second-order valence-electron chi connectivity index (χ2n) is 7.20. The summed E-state index contributed by atoms with van der Waals surface area (Å²) in [7, 11) is 3.31. The van der Waals surface area contributed by atoms with E-state index < -0.39 is 0 Å². The van der Waals surface area contributed by atoms with E-state index in [2.05, 4.69) is 6.92 Å². The van der Waals surface area contributed by atoms with Crippen LogP contribution in [0.1, 0.15) is 103 Å². The van der Waals surface area contributed by atoms with E-state index in [0.717, 1.165) is 6.42 Å². The van der Waals surface area contributed by atoms with Gasteiger partial charge in [-0.3, -0.25) is 0 Å². The van der Waals surface area contributed by atoms with Gasteiger partial charge in [0.15, 0.2) is 0 Å². The minimum Gasteiger partial charge on any atom is -0.628 e. The van der Waals surface area contributed by atoms with Crippen molar-refractivity contribution in [2.24, 2.45) is 0 Å². The average molecular weight is 312 g/mol. The molecule has 0 radical (unpaired) electrons. The molecule has 2 nitrogen and oxygen atoms in total. The van der Waals surface area contributed by atoms with Crippen molar-refractivity contribution in [1.82, 2.24) is 0 Å². The van der Waals surface area contributed by atoms with Gasteiger partial charge >= 0.3 is 0 Å². The zero-order valence-electron chi connectivity index (χ0n) is 15.6. The van der Waals surface area contributed by atoms with E-state index in [1.165, 1.54) is 89.9 Å². The quantitative estimate of drug-likeness (QED) is 0.172. The lowest BCUT2D eigenvalue weighted by Crippen LogP contribution is -2.23. The van der Waals surface area contributed by atoms with Crippen LogP contribution in [0.15, 0.2) is 12.3 Å². The highest BCUT2D eigenvalue weighted by Gasteiger charge is 1.95. The van der Waals surface area contributed by atoms with Gasteiger partial charge in [-0.05, 0) is 18.9 Å². The van der Waals surface area contributed by atoms with Gasteiger partial charge < -0.3 is 9.85 Å². The van der Waals surface area contributed by atoms with Gasteiger partial charge in [0.2, 0.25) is 0 Å². The topological polar surface area (TPSA) is 23.1 Å². The Morgan fingerprint density at radius 3 is 1.36 bits per heavy atom. The summed E-state index contributed by atoms with van der Waals surface area (Å²) in [6.07, 6.45) is 24.4. The third-order valence-corrected chi connectivity index (χ3v) is 4.19. The zero-order chi connectivity index (χ0) is 16.5. The summed E-state index contributed by atoms with van der Waals surface area (Å²) in [5.41, 5.74) is 0. The number of rotatable bonds is 16. The summed E-state index contributed by atoms with van der Waals surface area (Å²) in [6.45, 7) is 2.28. The lowest BCUT2D eigenvalue weighted by atomic mass is 10.0. The van der Waals surface area contributed by atoms with E-state index in [4.69, 9.17) is 0 Å². The molecule has 0 aromatic rings. The predicted octanol–water partition coefficient (Wildman–Crippen LogP) is 6.95. The van der Waals surface area contributed by atoms with E-state index in [-0.39, 0.29) is 4.65 Å². The monoisotopic (exact) mass is 311 g/mol. The van der Waals surface area contributed by atoms with Gasteiger partial charge in [-0.15, -0.1) is 0 Å². The Morgan fingerprint density at radius 2 is 1.00 bits per heavy atom. The van der Waals surface area contributed by atoms with Gasteiger partial charge in [0.25, 0.3) is 0 Å². The summed E-state index contributed by atoms with van der Waals surface area (Å²) >= 11 is 0. The summed E-state index contributed by atoms with van der Waals surface area (Å²) < 4.78 is -0.307. The first kappa shape index (κ1) is 21.7. The van der Waals surface area contributed by atoms with Crippen LogP contribution in [-0.2, 0) is 0 Å². The Balaban J connectivity index is 3.07. The molecule has 0 aliphatic carbocycles. The molecule has 0 aliphatic heterocycles. The van der Waals surface area contributed by atoms with Crippen molar-refractivity contribution in [1.29, 1.82) is 0 Å². The second kappa shape index (κ2) is 15.6. The van der Waals surface area contributed by atoms with Crippen LogP contribution >= 0.6 is 0 Å². The highest BCUT2D eigenvalue weighted by Crippen LogP contribution is 2.13. The van der Waals surface area contributed by atoms with Gasteiger partial charge in [-0.2, -0.15) is 0 Å². The fraction of sp³-hybridized carbons (Fsp3) is 0.900. The number of nitrogens with zero attached hydrogens (tertiary/aromatic N) is 1. The molecule has 22 heavy (non-hydrogen) atoms. The Morgan fingerprint density at radius 1 is 0.636 bits per heavy atom. The maximum atomic E-state index is 11.3. The van der Waals surface area contributed by atoms with Crippen molar-refractivity contribution in [3.63, 3.8) is 0 Å². The molecular formula is C20H41NO. The Hall–Kier alpha value is -0.340. The molecule has 0 amide bonds. The predicted molar refractivity (Wildman–Crippen MR) is 99.5 cm³/mol. The first-order valence-corrected chi connectivity index (χ1v) is 9.78. The van der Waals surface area contributed by atoms with Crippen LogP contribution in [-0.4, -0.2) is 18.7 Å². The lowest BCUT2D eigenvalue weighted by Gasteiger charge is -2.28. The molecule has 0 rings (SSSR count). The van der Waals surface area contributed by atoms with Crippen LogP contribution in [0.3, 0.4) is 0 Å². The molecule has 2 heteroatoms. The van der Waals surface area contributed by atoms with Gasteiger partial charge in [-0.25, -0.2) is 0 Å². The van der Waals surface area contributed by atoms with Crippen LogP contribution in [0.25, 0.3) is 0 Å². The number of quaternary nitrogens is 1. The Bertz CT molecular complexity index is 243. The van der Waals surface area contributed by atoms with Crippen molar-refractivity contribution in [2.45, 2.75) is 103 Å². The first-order chi connectivity index (χ1) is 10.6. The Labute approximate surface area is 140 Å². The van der Waals surface area contributed by atoms with Crippen molar-refractivity contribution >= 4 is 0 Å². The highest BCUT2D eigenvalue weighted by molar-refractivity contribution is 4.73. The van der Waals surface area contributed by atoms with Crippen molar-refractivity contribution in [2.75, 3.05) is 14.1 Å². The van der Waals surface area contributed by atoms with Crippen LogP contribution in [0.2, 0.25) is 0 Å². The molecule has 0 atom stereocenters. The molecule has 132 valence electrons. The molecule has 0 aromatic carbocycles. The summed E-state index contributed by atoms with van der Waals surface area (Å²) in [4.78, 5) is 0. The summed E-state index contributed by atoms with van der Waals surface area (Å²) in [5.74, 6) is 0. The average Bonchev–Trinajstić information content (AvgIpc) is 2.45. The van der Waals surface area contributed by atoms with Crippen molar-refractivity contribution in [3.8, 4) is 0 Å². The number of unbranched alkanes of at least 4 members (excludes halogenated alkanes) is 14. The second-order valence-corrected chi connectivity index (χ2v) is 7.20. The maximum Gasteiger partial charge on any atom is 0.0913 e. The van der Waals surface area contributed by atoms with E-state index in [1.54, 1.807) is 20.3 Å². The minimum atomic E-state index is -0.307. The SMILES string of the molecule is CCCCCCCCCCCCCCCCC=C[N+](C)(C)[O-]. The third-order valence-electron chi connectivity index (χ3n) is 4.19. The Kier molecular flexibility index (Phi) is 15.3. The first-order valence-electron chi connectivity index (χ1n) is 9.78. The molecule has 0 heterocycles. The van der Waals surface area contributed by atoms with Crippen molar-refractivity contribution < 1.29 is 4.65 Å². The zero-order valence-corrected chi connectivity index (χ0v) is 15.6. The van der Waals surface area contributed by atoms with Gasteiger partial charge in [0, 0.05) is 0 Å². The lowest BCUT2D eigenvalue weighted by molar-refractivity contribution is -0.785. The fourth-order valence-electron chi connectivity index (χ4n) is 2.79. The number of hydrogen-bond donors (Lipinski definition) is 0. The highest BCUT2D eigenvalue weighted by atomic mass is 16.5. The minimum absolute atomic E-state index is 0.307. The van der Waals surface area contributed by atoms with Crippen LogP contribution in [0, 0.1) is 5.21 Å². The molecule has 0 saturated heterocycles. The number of hydrogen-bond acceptors (Lipinski definition) is 1. The summed E-state index contributed by atoms with van der Waals surface area (Å²) in [6, 6.07) is 0. The smallest absolute Gasteiger partial charge is 0.0913 e. The molecule has 0 aliphatic rings. The third kappa shape index (κ3) is 19.7. The molecule has 0 saturated carbocycles. The fourth-order valence-corrected chi connectivity index (χ4v) is 2.79. The molecule has 0 aromatic heterocycles. The van der Waals surface area contributed by atoms with E-state index >= 15 is 0 Å². The number of allylic oxidation sites excluding steroid dienone is 1. The van der Waals surface area contributed by atoms with Gasteiger partial charge in [0.05, 0.1) is 20.3 Å². The number of hydroxylamine groups is 3. The van der Waals surface area contributed by atoms with E-state index in [9.17, 15) is 5.21 Å². The standard InChI is InChI=1S/C20H41NO/c1-4-5-6-7-8-9-10-11-12-13-14-15-16-17-18-19-20-21(2,3)22/h19-20H,4-18H2,1-3H3. The molecule has 0 bridgehead atoms. The van der Waals surface area contributed by atoms with E-state index in [0.29, 0.717) is 0 Å².